The Bertz CT molecular complexity index is 491. The summed E-state index contributed by atoms with van der Waals surface area (Å²) in [5, 5.41) is 10.6. The zero-order valence-electron chi connectivity index (χ0n) is 12.1. The Morgan fingerprint density at radius 1 is 1.10 bits per heavy atom. The molecule has 5 heteroatoms. The van der Waals surface area contributed by atoms with E-state index in [0.29, 0.717) is 10.7 Å². The first-order valence-electron chi connectivity index (χ1n) is 7.77. The van der Waals surface area contributed by atoms with E-state index >= 15 is 0 Å². The van der Waals surface area contributed by atoms with Gasteiger partial charge in [-0.25, -0.2) is 4.39 Å². The van der Waals surface area contributed by atoms with E-state index in [1.807, 2.05) is 0 Å². The van der Waals surface area contributed by atoms with Gasteiger partial charge in [-0.2, -0.15) is 0 Å². The molecule has 116 valence electrons. The molecule has 0 radical (unpaired) electrons. The third kappa shape index (κ3) is 3.33. The van der Waals surface area contributed by atoms with E-state index in [2.05, 4.69) is 9.80 Å². The van der Waals surface area contributed by atoms with Gasteiger partial charge in [-0.1, -0.05) is 24.4 Å². The van der Waals surface area contributed by atoms with Crippen LogP contribution in [0.15, 0.2) is 18.2 Å². The summed E-state index contributed by atoms with van der Waals surface area (Å²) < 4.78 is 14.0. The highest BCUT2D eigenvalue weighted by Gasteiger charge is 2.31. The predicted molar refractivity (Wildman–Crippen MR) is 83.5 cm³/mol. The van der Waals surface area contributed by atoms with Gasteiger partial charge in [0.25, 0.3) is 0 Å². The minimum atomic E-state index is -0.256. The molecule has 1 aliphatic carbocycles. The van der Waals surface area contributed by atoms with E-state index in [0.717, 1.165) is 45.4 Å². The number of hydrogen-bond donors (Lipinski definition) is 1. The highest BCUT2D eigenvalue weighted by molar-refractivity contribution is 6.30. The molecule has 1 heterocycles. The molecule has 0 amide bonds. The molecular weight excluding hydrogens is 291 g/mol. The van der Waals surface area contributed by atoms with Gasteiger partial charge in [0.15, 0.2) is 0 Å². The molecule has 3 rings (SSSR count). The van der Waals surface area contributed by atoms with Crippen molar-refractivity contribution in [3.8, 4) is 0 Å². The maximum absolute atomic E-state index is 14.0. The smallest absolute Gasteiger partial charge is 0.147 e. The fourth-order valence-corrected chi connectivity index (χ4v) is 3.71. The topological polar surface area (TPSA) is 26.7 Å². The number of aliphatic hydroxyl groups excluding tert-OH is 1. The van der Waals surface area contributed by atoms with Gasteiger partial charge < -0.3 is 10.0 Å². The fourth-order valence-electron chi connectivity index (χ4n) is 3.55. The zero-order valence-corrected chi connectivity index (χ0v) is 12.9. The summed E-state index contributed by atoms with van der Waals surface area (Å²) in [4.78, 5) is 4.44. The average Bonchev–Trinajstić information content (AvgIpc) is 2.48. The van der Waals surface area contributed by atoms with Crippen molar-refractivity contribution < 1.29 is 9.50 Å². The number of benzene rings is 1. The Labute approximate surface area is 130 Å². The highest BCUT2D eigenvalue weighted by Crippen LogP contribution is 2.27. The van der Waals surface area contributed by atoms with E-state index in [9.17, 15) is 9.50 Å². The average molecular weight is 313 g/mol. The molecule has 2 atom stereocenters. The van der Waals surface area contributed by atoms with Crippen LogP contribution < -0.4 is 4.90 Å². The molecule has 1 N–H and O–H groups in total. The Balaban J connectivity index is 1.62. The molecule has 0 spiro atoms. The minimum absolute atomic E-state index is 0.197. The summed E-state index contributed by atoms with van der Waals surface area (Å²) in [6.07, 6.45) is 4.13. The number of hydrogen-bond acceptors (Lipinski definition) is 3. The van der Waals surface area contributed by atoms with E-state index in [4.69, 9.17) is 11.6 Å². The Morgan fingerprint density at radius 3 is 2.48 bits per heavy atom. The first-order valence-corrected chi connectivity index (χ1v) is 8.15. The van der Waals surface area contributed by atoms with Gasteiger partial charge in [0.2, 0.25) is 0 Å². The van der Waals surface area contributed by atoms with Crippen molar-refractivity contribution in [3.05, 3.63) is 29.0 Å². The number of aliphatic hydroxyl groups is 1. The molecule has 1 aliphatic heterocycles. The second-order valence-electron chi connectivity index (χ2n) is 6.04. The predicted octanol–water partition coefficient (Wildman–Crippen LogP) is 2.90. The molecule has 2 aliphatic rings. The molecule has 0 bridgehead atoms. The third-order valence-electron chi connectivity index (χ3n) is 4.73. The van der Waals surface area contributed by atoms with E-state index in [1.165, 1.54) is 12.5 Å². The number of nitrogens with zero attached hydrogens (tertiary/aromatic N) is 2. The number of halogens is 2. The quantitative estimate of drug-likeness (QED) is 0.909. The van der Waals surface area contributed by atoms with Crippen LogP contribution >= 0.6 is 11.6 Å². The van der Waals surface area contributed by atoms with Crippen molar-refractivity contribution in [2.24, 2.45) is 0 Å². The number of rotatable bonds is 2. The van der Waals surface area contributed by atoms with Gasteiger partial charge in [-0.15, -0.1) is 0 Å². The zero-order chi connectivity index (χ0) is 14.8. The van der Waals surface area contributed by atoms with Gasteiger partial charge in [0.1, 0.15) is 5.82 Å². The molecule has 2 fully saturated rings. The second-order valence-corrected chi connectivity index (χ2v) is 6.47. The first kappa shape index (κ1) is 15.1. The number of anilines is 1. The molecule has 1 saturated carbocycles. The molecule has 1 saturated heterocycles. The van der Waals surface area contributed by atoms with Crippen molar-refractivity contribution in [1.29, 1.82) is 0 Å². The van der Waals surface area contributed by atoms with Crippen LogP contribution in [0.2, 0.25) is 5.02 Å². The van der Waals surface area contributed by atoms with E-state index < -0.39 is 0 Å². The summed E-state index contributed by atoms with van der Waals surface area (Å²) in [7, 11) is 0. The summed E-state index contributed by atoms with van der Waals surface area (Å²) in [5.41, 5.74) is 0.628. The third-order valence-corrected chi connectivity index (χ3v) is 4.96. The maximum Gasteiger partial charge on any atom is 0.147 e. The van der Waals surface area contributed by atoms with Crippen molar-refractivity contribution >= 4 is 17.3 Å². The Hall–Kier alpha value is -0.840. The largest absolute Gasteiger partial charge is 0.391 e. The summed E-state index contributed by atoms with van der Waals surface area (Å²) in [6.45, 7) is 3.34. The van der Waals surface area contributed by atoms with Crippen LogP contribution in [0.4, 0.5) is 10.1 Å². The van der Waals surface area contributed by atoms with Crippen molar-refractivity contribution in [1.82, 2.24) is 4.90 Å². The monoisotopic (exact) mass is 312 g/mol. The van der Waals surface area contributed by atoms with Gasteiger partial charge in [0, 0.05) is 37.2 Å². The molecule has 0 aromatic heterocycles. The van der Waals surface area contributed by atoms with E-state index in [-0.39, 0.29) is 18.0 Å². The van der Waals surface area contributed by atoms with Crippen LogP contribution in [-0.4, -0.2) is 48.3 Å². The van der Waals surface area contributed by atoms with Crippen LogP contribution in [0, 0.1) is 5.82 Å². The summed E-state index contributed by atoms with van der Waals surface area (Å²) in [6, 6.07) is 5.14. The Morgan fingerprint density at radius 2 is 1.81 bits per heavy atom. The number of piperazine rings is 1. The molecule has 0 unspecified atom stereocenters. The lowest BCUT2D eigenvalue weighted by molar-refractivity contribution is 0.0172. The lowest BCUT2D eigenvalue weighted by atomic mass is 9.91. The normalized spacial score (nSPS) is 27.9. The van der Waals surface area contributed by atoms with E-state index in [1.54, 1.807) is 12.1 Å². The molecule has 3 nitrogen and oxygen atoms in total. The SMILES string of the molecule is O[C@@H]1CCCC[C@H]1N1CCN(c2ccc(Cl)cc2F)CC1. The van der Waals surface area contributed by atoms with Crippen molar-refractivity contribution in [2.45, 2.75) is 37.8 Å². The minimum Gasteiger partial charge on any atom is -0.391 e. The van der Waals surface area contributed by atoms with Crippen LogP contribution in [0.1, 0.15) is 25.7 Å². The standard InChI is InChI=1S/C16H22ClFN2O/c17-12-5-6-14(13(18)11-12)19-7-9-20(10-8-19)15-3-1-2-4-16(15)21/h5-6,11,15-16,21H,1-4,7-10H2/t15-,16-/m1/s1. The van der Waals surface area contributed by atoms with Crippen LogP contribution in [-0.2, 0) is 0 Å². The van der Waals surface area contributed by atoms with Crippen LogP contribution in [0.25, 0.3) is 0 Å². The molecular formula is C16H22ClFN2O. The van der Waals surface area contributed by atoms with Crippen molar-refractivity contribution in [3.63, 3.8) is 0 Å². The van der Waals surface area contributed by atoms with Gasteiger partial charge in [-0.3, -0.25) is 4.90 Å². The summed E-state index contributed by atoms with van der Waals surface area (Å²) >= 11 is 5.80. The lowest BCUT2D eigenvalue weighted by Gasteiger charge is -2.43. The second kappa shape index (κ2) is 6.51. The van der Waals surface area contributed by atoms with Gasteiger partial charge in [-0.05, 0) is 31.0 Å². The molecule has 1 aromatic rings. The summed E-state index contributed by atoms with van der Waals surface area (Å²) in [5.74, 6) is -0.256. The van der Waals surface area contributed by atoms with Crippen LogP contribution in [0.3, 0.4) is 0 Å². The van der Waals surface area contributed by atoms with Gasteiger partial charge >= 0.3 is 0 Å². The molecule has 1 aromatic carbocycles. The highest BCUT2D eigenvalue weighted by atomic mass is 35.5. The fraction of sp³-hybridized carbons (Fsp3) is 0.625. The van der Waals surface area contributed by atoms with Gasteiger partial charge in [0.05, 0.1) is 11.8 Å². The lowest BCUT2D eigenvalue weighted by Crippen LogP contribution is -2.54. The molecule has 21 heavy (non-hydrogen) atoms. The Kier molecular flexibility index (Phi) is 4.67. The maximum atomic E-state index is 14.0. The van der Waals surface area contributed by atoms with Crippen molar-refractivity contribution in [2.75, 3.05) is 31.1 Å². The first-order chi connectivity index (χ1) is 10.1. The van der Waals surface area contributed by atoms with Crippen LogP contribution in [0.5, 0.6) is 0 Å².